The number of aromatic nitrogens is 1. The van der Waals surface area contributed by atoms with Gasteiger partial charge in [0.25, 0.3) is 0 Å². The van der Waals surface area contributed by atoms with Crippen LogP contribution in [-0.2, 0) is 5.41 Å². The first-order valence-corrected chi connectivity index (χ1v) is 7.43. The van der Waals surface area contributed by atoms with Crippen molar-refractivity contribution in [2.75, 3.05) is 0 Å². The summed E-state index contributed by atoms with van der Waals surface area (Å²) in [6.45, 7) is 8.18. The van der Waals surface area contributed by atoms with Crippen LogP contribution in [0.1, 0.15) is 43.6 Å². The van der Waals surface area contributed by atoms with E-state index in [4.69, 9.17) is 0 Å². The van der Waals surface area contributed by atoms with Crippen LogP contribution in [0.4, 0.5) is 0 Å². The molecule has 0 fully saturated rings. The van der Waals surface area contributed by atoms with Crippen molar-refractivity contribution in [1.82, 2.24) is 4.98 Å². The average Bonchev–Trinajstić information content (AvgIpc) is 2.38. The van der Waals surface area contributed by atoms with Crippen LogP contribution in [0.2, 0.25) is 0 Å². The van der Waals surface area contributed by atoms with Crippen molar-refractivity contribution in [3.05, 3.63) is 53.7 Å². The smallest absolute Gasteiger partial charge is 0.159 e. The molecular weight excluding hydrogens is 266 g/mol. The summed E-state index contributed by atoms with van der Waals surface area (Å²) < 4.78 is 0. The lowest BCUT2D eigenvalue weighted by molar-refractivity contribution is 0.101. The normalized spacial score (nSPS) is 11.4. The first kappa shape index (κ1) is 14.8. The van der Waals surface area contributed by atoms with E-state index < -0.39 is 0 Å². The molecule has 0 unspecified atom stereocenters. The van der Waals surface area contributed by atoms with Gasteiger partial charge in [0.05, 0.1) is 0 Å². The van der Waals surface area contributed by atoms with Crippen molar-refractivity contribution in [3.63, 3.8) is 0 Å². The zero-order chi connectivity index (χ0) is 14.8. The van der Waals surface area contributed by atoms with Gasteiger partial charge >= 0.3 is 0 Å². The number of nitrogens with zero attached hydrogens (tertiary/aromatic N) is 1. The van der Waals surface area contributed by atoms with Gasteiger partial charge in [0, 0.05) is 16.7 Å². The third kappa shape index (κ3) is 3.70. The lowest BCUT2D eigenvalue weighted by Gasteiger charge is -2.19. The Hall–Kier alpha value is -1.61. The van der Waals surface area contributed by atoms with E-state index in [-0.39, 0.29) is 11.2 Å². The standard InChI is InChI=1S/C17H19NOS/c1-12(19)13-9-10-18-16(11-13)20-15-7-5-14(6-8-15)17(2,3)4/h5-11H,1-4H3. The van der Waals surface area contributed by atoms with Crippen molar-refractivity contribution in [1.29, 1.82) is 0 Å². The lowest BCUT2D eigenvalue weighted by Crippen LogP contribution is -2.10. The molecule has 0 aliphatic heterocycles. The van der Waals surface area contributed by atoms with Crippen LogP contribution < -0.4 is 0 Å². The van der Waals surface area contributed by atoms with Gasteiger partial charge in [0.2, 0.25) is 0 Å². The predicted molar refractivity (Wildman–Crippen MR) is 83.5 cm³/mol. The van der Waals surface area contributed by atoms with Crippen LogP contribution in [0.15, 0.2) is 52.5 Å². The summed E-state index contributed by atoms with van der Waals surface area (Å²) >= 11 is 1.58. The molecule has 0 aliphatic carbocycles. The number of carbonyl (C=O) groups excluding carboxylic acids is 1. The number of hydrogen-bond acceptors (Lipinski definition) is 3. The molecule has 1 aromatic heterocycles. The minimum absolute atomic E-state index is 0.0670. The summed E-state index contributed by atoms with van der Waals surface area (Å²) in [5.41, 5.74) is 2.18. The van der Waals surface area contributed by atoms with Crippen molar-refractivity contribution in [3.8, 4) is 0 Å². The summed E-state index contributed by atoms with van der Waals surface area (Å²) in [6.07, 6.45) is 1.68. The molecular formula is C17H19NOS. The second-order valence-electron chi connectivity index (χ2n) is 5.82. The van der Waals surface area contributed by atoms with E-state index in [9.17, 15) is 4.79 Å². The number of hydrogen-bond donors (Lipinski definition) is 0. The molecule has 1 aromatic carbocycles. The highest BCUT2D eigenvalue weighted by Crippen LogP contribution is 2.29. The summed E-state index contributed by atoms with van der Waals surface area (Å²) in [7, 11) is 0. The van der Waals surface area contributed by atoms with E-state index in [0.29, 0.717) is 5.56 Å². The van der Waals surface area contributed by atoms with E-state index in [1.165, 1.54) is 5.56 Å². The van der Waals surface area contributed by atoms with Crippen LogP contribution >= 0.6 is 11.8 Å². The molecule has 0 saturated heterocycles. The van der Waals surface area contributed by atoms with Crippen molar-refractivity contribution < 1.29 is 4.79 Å². The SMILES string of the molecule is CC(=O)c1ccnc(Sc2ccc(C(C)(C)C)cc2)c1. The van der Waals surface area contributed by atoms with Gasteiger partial charge in [-0.3, -0.25) is 4.79 Å². The van der Waals surface area contributed by atoms with E-state index in [0.717, 1.165) is 9.92 Å². The van der Waals surface area contributed by atoms with Crippen LogP contribution in [0.3, 0.4) is 0 Å². The Kier molecular flexibility index (Phi) is 4.29. The highest BCUT2D eigenvalue weighted by atomic mass is 32.2. The quantitative estimate of drug-likeness (QED) is 0.763. The Balaban J connectivity index is 2.18. The van der Waals surface area contributed by atoms with Crippen LogP contribution in [0, 0.1) is 0 Å². The van der Waals surface area contributed by atoms with Gasteiger partial charge < -0.3 is 0 Å². The maximum absolute atomic E-state index is 11.4. The predicted octanol–water partition coefficient (Wildman–Crippen LogP) is 4.73. The second kappa shape index (κ2) is 5.80. The summed E-state index contributed by atoms with van der Waals surface area (Å²) in [4.78, 5) is 16.8. The molecule has 0 bridgehead atoms. The fourth-order valence-corrected chi connectivity index (χ4v) is 2.64. The first-order chi connectivity index (χ1) is 9.36. The van der Waals surface area contributed by atoms with Gasteiger partial charge in [0.1, 0.15) is 5.03 Å². The van der Waals surface area contributed by atoms with Gasteiger partial charge in [0.15, 0.2) is 5.78 Å². The first-order valence-electron chi connectivity index (χ1n) is 6.61. The Bertz CT molecular complexity index is 612. The van der Waals surface area contributed by atoms with Gasteiger partial charge in [-0.25, -0.2) is 4.98 Å². The zero-order valence-electron chi connectivity index (χ0n) is 12.3. The monoisotopic (exact) mass is 285 g/mol. The van der Waals surface area contributed by atoms with E-state index in [2.05, 4.69) is 50.0 Å². The fraction of sp³-hybridized carbons (Fsp3) is 0.294. The van der Waals surface area contributed by atoms with Gasteiger partial charge in [-0.05, 0) is 42.2 Å². The number of pyridine rings is 1. The molecule has 104 valence electrons. The van der Waals surface area contributed by atoms with Crippen LogP contribution in [0.5, 0.6) is 0 Å². The van der Waals surface area contributed by atoms with E-state index in [1.807, 2.05) is 6.07 Å². The molecule has 2 nitrogen and oxygen atoms in total. The fourth-order valence-electron chi connectivity index (χ4n) is 1.83. The molecule has 0 atom stereocenters. The van der Waals surface area contributed by atoms with Gasteiger partial charge in [-0.1, -0.05) is 44.7 Å². The Morgan fingerprint density at radius 1 is 1.10 bits per heavy atom. The lowest BCUT2D eigenvalue weighted by atomic mass is 9.87. The van der Waals surface area contributed by atoms with Crippen molar-refractivity contribution in [2.45, 2.75) is 43.0 Å². The highest BCUT2D eigenvalue weighted by molar-refractivity contribution is 7.99. The molecule has 0 N–H and O–H groups in total. The minimum Gasteiger partial charge on any atom is -0.295 e. The van der Waals surface area contributed by atoms with Crippen LogP contribution in [-0.4, -0.2) is 10.8 Å². The summed E-state index contributed by atoms with van der Waals surface area (Å²) in [5.74, 6) is 0.0670. The van der Waals surface area contributed by atoms with Crippen molar-refractivity contribution in [2.24, 2.45) is 0 Å². The molecule has 0 aliphatic rings. The number of benzene rings is 1. The molecule has 2 rings (SSSR count). The van der Waals surface area contributed by atoms with Crippen molar-refractivity contribution >= 4 is 17.5 Å². The number of rotatable bonds is 3. The third-order valence-electron chi connectivity index (χ3n) is 3.08. The van der Waals surface area contributed by atoms with Gasteiger partial charge in [-0.15, -0.1) is 0 Å². The Morgan fingerprint density at radius 2 is 1.75 bits per heavy atom. The average molecular weight is 285 g/mol. The van der Waals surface area contributed by atoms with Gasteiger partial charge in [-0.2, -0.15) is 0 Å². The Labute approximate surface area is 124 Å². The Morgan fingerprint density at radius 3 is 2.30 bits per heavy atom. The molecule has 0 spiro atoms. The summed E-state index contributed by atoms with van der Waals surface area (Å²) in [6, 6.07) is 12.1. The van der Waals surface area contributed by atoms with E-state index >= 15 is 0 Å². The molecule has 0 radical (unpaired) electrons. The topological polar surface area (TPSA) is 30.0 Å². The largest absolute Gasteiger partial charge is 0.295 e. The van der Waals surface area contributed by atoms with Crippen LogP contribution in [0.25, 0.3) is 0 Å². The molecule has 0 amide bonds. The minimum atomic E-state index is 0.0670. The maximum atomic E-state index is 11.4. The maximum Gasteiger partial charge on any atom is 0.159 e. The molecule has 3 heteroatoms. The number of Topliss-reactive ketones (excluding diaryl/α,β-unsaturated/α-hetero) is 1. The molecule has 0 saturated carbocycles. The zero-order valence-corrected chi connectivity index (χ0v) is 13.1. The molecule has 1 heterocycles. The number of carbonyl (C=O) groups is 1. The second-order valence-corrected chi connectivity index (χ2v) is 6.91. The molecule has 20 heavy (non-hydrogen) atoms. The third-order valence-corrected chi connectivity index (χ3v) is 4.02. The summed E-state index contributed by atoms with van der Waals surface area (Å²) in [5, 5.41) is 0.848. The van der Waals surface area contributed by atoms with E-state index in [1.54, 1.807) is 30.9 Å². The highest BCUT2D eigenvalue weighted by Gasteiger charge is 2.13. The number of ketones is 1. The molecule has 2 aromatic rings.